The second-order valence-corrected chi connectivity index (χ2v) is 8.06. The van der Waals surface area contributed by atoms with Gasteiger partial charge in [-0.15, -0.1) is 0 Å². The topological polar surface area (TPSA) is 54.3 Å². The van der Waals surface area contributed by atoms with Crippen LogP contribution in [0, 0.1) is 5.92 Å². The maximum atomic E-state index is 12.2. The lowest BCUT2D eigenvalue weighted by Gasteiger charge is -2.27. The minimum absolute atomic E-state index is 0.404. The van der Waals surface area contributed by atoms with E-state index in [2.05, 4.69) is 12.2 Å². The lowest BCUT2D eigenvalue weighted by atomic mass is 9.87. The summed E-state index contributed by atoms with van der Waals surface area (Å²) in [6, 6.07) is 18.6. The highest BCUT2D eigenvalue weighted by Crippen LogP contribution is 2.29. The Morgan fingerprint density at radius 1 is 1.04 bits per heavy atom. The molecule has 0 saturated heterocycles. The summed E-state index contributed by atoms with van der Waals surface area (Å²) in [6.45, 7) is 3.48. The first-order valence-corrected chi connectivity index (χ1v) is 10.2. The highest BCUT2D eigenvalue weighted by molar-refractivity contribution is 5.98. The van der Waals surface area contributed by atoms with Gasteiger partial charge >= 0.3 is 5.97 Å². The van der Waals surface area contributed by atoms with Gasteiger partial charge in [0, 0.05) is 35.6 Å². The van der Waals surface area contributed by atoms with Crippen LogP contribution in [-0.2, 0) is 13.1 Å². The monoisotopic (exact) mass is 376 g/mol. The highest BCUT2D eigenvalue weighted by Gasteiger charge is 2.24. The van der Waals surface area contributed by atoms with E-state index in [0.29, 0.717) is 24.8 Å². The number of rotatable bonds is 6. The summed E-state index contributed by atoms with van der Waals surface area (Å²) in [4.78, 5) is 12.2. The van der Waals surface area contributed by atoms with Crippen LogP contribution in [0.2, 0.25) is 0 Å². The van der Waals surface area contributed by atoms with Crippen LogP contribution in [0.15, 0.2) is 54.6 Å². The molecule has 4 rings (SSSR count). The first kappa shape index (κ1) is 18.8. The molecule has 0 unspecified atom stereocenters. The number of fused-ring (bicyclic) bond motifs is 1. The van der Waals surface area contributed by atoms with E-state index in [0.717, 1.165) is 27.9 Å². The molecule has 1 aromatic heterocycles. The fourth-order valence-electron chi connectivity index (χ4n) is 4.44. The van der Waals surface area contributed by atoms with Crippen molar-refractivity contribution in [1.82, 2.24) is 9.88 Å². The SMILES string of the molecule is CC1CCC(NCc2c(C(=O)O)n(Cc3ccccc3)c3ccccc23)CC1. The number of carboxylic acid groups (broad SMARTS) is 1. The molecule has 4 nitrogen and oxygen atoms in total. The number of nitrogens with zero attached hydrogens (tertiary/aromatic N) is 1. The number of nitrogens with one attached hydrogen (secondary N) is 1. The van der Waals surface area contributed by atoms with Gasteiger partial charge in [0.1, 0.15) is 5.69 Å². The minimum Gasteiger partial charge on any atom is -0.477 e. The zero-order valence-electron chi connectivity index (χ0n) is 16.4. The van der Waals surface area contributed by atoms with E-state index < -0.39 is 5.97 Å². The molecule has 0 spiro atoms. The van der Waals surface area contributed by atoms with Gasteiger partial charge in [0.05, 0.1) is 0 Å². The predicted octanol–water partition coefficient (Wildman–Crippen LogP) is 5.06. The van der Waals surface area contributed by atoms with Crippen molar-refractivity contribution >= 4 is 16.9 Å². The first-order valence-electron chi connectivity index (χ1n) is 10.2. The average molecular weight is 377 g/mol. The number of hydrogen-bond donors (Lipinski definition) is 2. The molecule has 0 aliphatic heterocycles. The number of hydrogen-bond acceptors (Lipinski definition) is 2. The summed E-state index contributed by atoms with van der Waals surface area (Å²) in [5.41, 5.74) is 3.39. The van der Waals surface area contributed by atoms with Crippen LogP contribution in [0.1, 0.15) is 54.2 Å². The van der Waals surface area contributed by atoms with Gasteiger partial charge in [-0.25, -0.2) is 4.79 Å². The van der Waals surface area contributed by atoms with Gasteiger partial charge in [0.15, 0.2) is 0 Å². The van der Waals surface area contributed by atoms with Crippen molar-refractivity contribution in [1.29, 1.82) is 0 Å². The van der Waals surface area contributed by atoms with E-state index in [1.165, 1.54) is 25.7 Å². The van der Waals surface area contributed by atoms with Gasteiger partial charge in [-0.1, -0.05) is 55.5 Å². The Kier molecular flexibility index (Phi) is 5.49. The van der Waals surface area contributed by atoms with Crippen LogP contribution in [-0.4, -0.2) is 21.7 Å². The summed E-state index contributed by atoms with van der Waals surface area (Å²) in [7, 11) is 0. The van der Waals surface area contributed by atoms with E-state index in [1.807, 2.05) is 59.2 Å². The Hall–Kier alpha value is -2.59. The van der Waals surface area contributed by atoms with Gasteiger partial charge in [0.2, 0.25) is 0 Å². The van der Waals surface area contributed by atoms with Crippen LogP contribution in [0.4, 0.5) is 0 Å². The Morgan fingerprint density at radius 3 is 2.43 bits per heavy atom. The fraction of sp³-hybridized carbons (Fsp3) is 0.375. The molecule has 1 heterocycles. The van der Waals surface area contributed by atoms with E-state index in [-0.39, 0.29) is 0 Å². The fourth-order valence-corrected chi connectivity index (χ4v) is 4.44. The van der Waals surface area contributed by atoms with Crippen LogP contribution in [0.3, 0.4) is 0 Å². The Bertz CT molecular complexity index is 953. The lowest BCUT2D eigenvalue weighted by molar-refractivity contribution is 0.0684. The van der Waals surface area contributed by atoms with Crippen molar-refractivity contribution in [2.75, 3.05) is 0 Å². The predicted molar refractivity (Wildman–Crippen MR) is 113 cm³/mol. The average Bonchev–Trinajstić information content (AvgIpc) is 3.02. The number of carbonyl (C=O) groups is 1. The zero-order chi connectivity index (χ0) is 19.5. The highest BCUT2D eigenvalue weighted by atomic mass is 16.4. The number of para-hydroxylation sites is 1. The molecular formula is C24H28N2O2. The quantitative estimate of drug-likeness (QED) is 0.632. The summed E-state index contributed by atoms with van der Waals surface area (Å²) in [5, 5.41) is 14.7. The van der Waals surface area contributed by atoms with Crippen molar-refractivity contribution in [3.63, 3.8) is 0 Å². The number of carboxylic acids is 1. The summed E-state index contributed by atoms with van der Waals surface area (Å²) in [5.74, 6) is -0.0541. The molecule has 1 fully saturated rings. The van der Waals surface area contributed by atoms with Gasteiger partial charge in [0.25, 0.3) is 0 Å². The van der Waals surface area contributed by atoms with Gasteiger partial charge < -0.3 is 15.0 Å². The molecule has 2 aromatic carbocycles. The molecule has 2 N–H and O–H groups in total. The zero-order valence-corrected chi connectivity index (χ0v) is 16.4. The van der Waals surface area contributed by atoms with Gasteiger partial charge in [-0.2, -0.15) is 0 Å². The van der Waals surface area contributed by atoms with E-state index in [1.54, 1.807) is 0 Å². The van der Waals surface area contributed by atoms with E-state index in [4.69, 9.17) is 0 Å². The molecule has 4 heteroatoms. The van der Waals surface area contributed by atoms with Crippen molar-refractivity contribution in [3.8, 4) is 0 Å². The van der Waals surface area contributed by atoms with Crippen molar-refractivity contribution in [2.24, 2.45) is 5.92 Å². The van der Waals surface area contributed by atoms with Crippen LogP contribution in [0.25, 0.3) is 10.9 Å². The molecule has 1 saturated carbocycles. The first-order chi connectivity index (χ1) is 13.6. The normalized spacial score (nSPS) is 19.8. The summed E-state index contributed by atoms with van der Waals surface area (Å²) >= 11 is 0. The molecule has 0 radical (unpaired) electrons. The third-order valence-corrected chi connectivity index (χ3v) is 6.05. The second-order valence-electron chi connectivity index (χ2n) is 8.06. The number of aromatic nitrogens is 1. The standard InChI is InChI=1S/C24H28N2O2/c1-17-11-13-19(14-12-17)25-15-21-20-9-5-6-10-22(20)26(23(21)24(27)28)16-18-7-3-2-4-8-18/h2-10,17,19,25H,11-16H2,1H3,(H,27,28). The third-order valence-electron chi connectivity index (χ3n) is 6.05. The molecular weight excluding hydrogens is 348 g/mol. The number of aromatic carboxylic acids is 1. The van der Waals surface area contributed by atoms with Crippen LogP contribution >= 0.6 is 0 Å². The molecule has 0 atom stereocenters. The number of benzene rings is 2. The van der Waals surface area contributed by atoms with Crippen LogP contribution in [0.5, 0.6) is 0 Å². The largest absolute Gasteiger partial charge is 0.477 e. The summed E-state index contributed by atoms with van der Waals surface area (Å²) < 4.78 is 1.95. The van der Waals surface area contributed by atoms with E-state index >= 15 is 0 Å². The smallest absolute Gasteiger partial charge is 0.352 e. The van der Waals surface area contributed by atoms with Gasteiger partial charge in [-0.05, 0) is 43.2 Å². The molecule has 146 valence electrons. The van der Waals surface area contributed by atoms with E-state index in [9.17, 15) is 9.90 Å². The second kappa shape index (κ2) is 8.19. The van der Waals surface area contributed by atoms with Crippen molar-refractivity contribution in [2.45, 2.75) is 51.7 Å². The minimum atomic E-state index is -0.860. The van der Waals surface area contributed by atoms with Crippen LogP contribution < -0.4 is 5.32 Å². The van der Waals surface area contributed by atoms with Crippen molar-refractivity contribution < 1.29 is 9.90 Å². The Labute approximate surface area is 166 Å². The maximum absolute atomic E-state index is 12.2. The molecule has 0 bridgehead atoms. The molecule has 3 aromatic rings. The molecule has 28 heavy (non-hydrogen) atoms. The lowest BCUT2D eigenvalue weighted by Crippen LogP contribution is -2.32. The molecule has 0 amide bonds. The Morgan fingerprint density at radius 2 is 1.71 bits per heavy atom. The van der Waals surface area contributed by atoms with Crippen molar-refractivity contribution in [3.05, 3.63) is 71.4 Å². The molecule has 1 aliphatic carbocycles. The maximum Gasteiger partial charge on any atom is 0.352 e. The Balaban J connectivity index is 1.69. The van der Waals surface area contributed by atoms with Gasteiger partial charge in [-0.3, -0.25) is 0 Å². The third kappa shape index (κ3) is 3.83. The summed E-state index contributed by atoms with van der Waals surface area (Å²) in [6.07, 6.45) is 4.84. The molecule has 1 aliphatic rings.